The molecule has 24 heavy (non-hydrogen) atoms. The second-order valence-electron chi connectivity index (χ2n) is 5.90. The number of ether oxygens (including phenoxy) is 1. The summed E-state index contributed by atoms with van der Waals surface area (Å²) in [5.41, 5.74) is 6.34. The van der Waals surface area contributed by atoms with Gasteiger partial charge in [0.1, 0.15) is 11.9 Å². The van der Waals surface area contributed by atoms with Gasteiger partial charge in [-0.3, -0.25) is 9.36 Å². The number of imidazole rings is 1. The molecule has 2 heterocycles. The molecule has 6 nitrogen and oxygen atoms in total. The first kappa shape index (κ1) is 16.8. The Kier molecular flexibility index (Phi) is 4.77. The Morgan fingerprint density at radius 2 is 2.21 bits per heavy atom. The lowest BCUT2D eigenvalue weighted by Crippen LogP contribution is -2.37. The lowest BCUT2D eigenvalue weighted by molar-refractivity contribution is -0.132. The Balaban J connectivity index is 1.80. The third kappa shape index (κ3) is 3.11. The molecule has 1 saturated heterocycles. The van der Waals surface area contributed by atoms with Gasteiger partial charge in [0.15, 0.2) is 0 Å². The molecule has 3 rings (SSSR count). The van der Waals surface area contributed by atoms with Crippen molar-refractivity contribution in [2.45, 2.75) is 44.6 Å². The number of alkyl halides is 2. The van der Waals surface area contributed by atoms with E-state index < -0.39 is 18.7 Å². The topological polar surface area (TPSA) is 82.2 Å². The predicted octanol–water partition coefficient (Wildman–Crippen LogP) is 2.11. The summed E-state index contributed by atoms with van der Waals surface area (Å²) in [4.78, 5) is 16.5. The average Bonchev–Trinajstić information content (AvgIpc) is 3.19. The lowest BCUT2D eigenvalue weighted by atomic mass is 10.2. The summed E-state index contributed by atoms with van der Waals surface area (Å²) in [5.74, 6) is -0.209. The number of carbonyl (C=O) groups excluding carboxylic acids is 1. The Bertz CT molecular complexity index is 734. The van der Waals surface area contributed by atoms with Gasteiger partial charge in [0, 0.05) is 6.54 Å². The number of nitrogens with two attached hydrogens (primary N) is 1. The molecule has 1 aliphatic rings. The minimum Gasteiger partial charge on any atom is -0.364 e. The zero-order valence-corrected chi connectivity index (χ0v) is 13.3. The summed E-state index contributed by atoms with van der Waals surface area (Å²) < 4.78 is 33.3. The molecule has 0 bridgehead atoms. The van der Waals surface area contributed by atoms with E-state index in [2.05, 4.69) is 10.3 Å². The molecule has 3 atom stereocenters. The van der Waals surface area contributed by atoms with Crippen molar-refractivity contribution in [3.8, 4) is 0 Å². The number of fused-ring (bicyclic) bond motifs is 1. The quantitative estimate of drug-likeness (QED) is 0.875. The molecule has 1 aliphatic heterocycles. The molecule has 1 unspecified atom stereocenters. The van der Waals surface area contributed by atoms with Gasteiger partial charge in [0.25, 0.3) is 0 Å². The first-order valence-electron chi connectivity index (χ1n) is 7.92. The maximum atomic E-state index is 13.5. The number of benzene rings is 1. The number of amides is 1. The van der Waals surface area contributed by atoms with E-state index in [4.69, 9.17) is 10.5 Å². The van der Waals surface area contributed by atoms with Gasteiger partial charge in [-0.25, -0.2) is 4.98 Å². The van der Waals surface area contributed by atoms with Crippen LogP contribution in [0.3, 0.4) is 0 Å². The molecular weight excluding hydrogens is 318 g/mol. The van der Waals surface area contributed by atoms with Crippen molar-refractivity contribution in [1.82, 2.24) is 14.9 Å². The van der Waals surface area contributed by atoms with E-state index in [1.54, 1.807) is 31.2 Å². The number of hydrogen-bond donors (Lipinski definition) is 2. The molecule has 0 radical (unpaired) electrons. The van der Waals surface area contributed by atoms with Crippen molar-refractivity contribution >= 4 is 16.9 Å². The molecule has 1 fully saturated rings. The van der Waals surface area contributed by atoms with E-state index in [1.165, 1.54) is 0 Å². The van der Waals surface area contributed by atoms with Gasteiger partial charge in [-0.05, 0) is 31.9 Å². The van der Waals surface area contributed by atoms with Gasteiger partial charge in [-0.1, -0.05) is 12.1 Å². The van der Waals surface area contributed by atoms with Crippen molar-refractivity contribution in [2.24, 2.45) is 5.73 Å². The van der Waals surface area contributed by atoms with Crippen LogP contribution in [0.2, 0.25) is 0 Å². The highest BCUT2D eigenvalue weighted by atomic mass is 19.3. The summed E-state index contributed by atoms with van der Waals surface area (Å²) in [5, 5.41) is 2.72. The zero-order valence-electron chi connectivity index (χ0n) is 13.3. The van der Waals surface area contributed by atoms with Crippen molar-refractivity contribution < 1.29 is 18.3 Å². The van der Waals surface area contributed by atoms with Crippen LogP contribution in [0, 0.1) is 0 Å². The van der Waals surface area contributed by atoms with E-state index in [0.717, 1.165) is 11.0 Å². The Hall–Kier alpha value is -2.06. The summed E-state index contributed by atoms with van der Waals surface area (Å²) in [7, 11) is 0. The summed E-state index contributed by atoms with van der Waals surface area (Å²) >= 11 is 0. The highest BCUT2D eigenvalue weighted by Crippen LogP contribution is 2.27. The summed E-state index contributed by atoms with van der Waals surface area (Å²) in [6.45, 7) is -0.746. The van der Waals surface area contributed by atoms with Crippen LogP contribution in [0.15, 0.2) is 24.3 Å². The van der Waals surface area contributed by atoms with E-state index in [1.807, 2.05) is 0 Å². The fourth-order valence-electron chi connectivity index (χ4n) is 3.02. The molecule has 8 heteroatoms. The van der Waals surface area contributed by atoms with Gasteiger partial charge >= 0.3 is 6.55 Å². The molecule has 0 saturated carbocycles. The fourth-order valence-corrected chi connectivity index (χ4v) is 3.02. The van der Waals surface area contributed by atoms with Crippen molar-refractivity contribution in [3.05, 3.63) is 30.1 Å². The number of hydrogen-bond acceptors (Lipinski definition) is 4. The van der Waals surface area contributed by atoms with Crippen molar-refractivity contribution in [3.63, 3.8) is 0 Å². The normalized spacial score (nSPS) is 22.2. The van der Waals surface area contributed by atoms with Crippen LogP contribution >= 0.6 is 0 Å². The van der Waals surface area contributed by atoms with Crippen LogP contribution in [0.5, 0.6) is 0 Å². The Morgan fingerprint density at radius 1 is 1.46 bits per heavy atom. The van der Waals surface area contributed by atoms with Gasteiger partial charge in [0.05, 0.1) is 23.2 Å². The van der Waals surface area contributed by atoms with Crippen LogP contribution in [-0.4, -0.2) is 34.2 Å². The maximum absolute atomic E-state index is 13.5. The highest BCUT2D eigenvalue weighted by molar-refractivity contribution is 5.81. The van der Waals surface area contributed by atoms with Crippen LogP contribution in [0.4, 0.5) is 8.78 Å². The van der Waals surface area contributed by atoms with Crippen LogP contribution in [0.1, 0.15) is 38.2 Å². The molecule has 0 spiro atoms. The SMILES string of the molecule is CC(NC(=O)[C@@H]1CC[C@H](CN)O1)c1nc2ccccc2n1C(F)F. The lowest BCUT2D eigenvalue weighted by Gasteiger charge is -2.18. The first-order valence-corrected chi connectivity index (χ1v) is 7.92. The average molecular weight is 338 g/mol. The standard InChI is InChI=1S/C16H20F2N4O2/c1-9(20-15(23)13-7-6-10(8-19)24-13)14-21-11-4-2-3-5-12(11)22(14)16(17)18/h2-5,9-10,13,16H,6-8,19H2,1H3,(H,20,23)/t9?,10-,13+/m1/s1. The third-order valence-corrected chi connectivity index (χ3v) is 4.23. The Morgan fingerprint density at radius 3 is 2.88 bits per heavy atom. The molecule has 130 valence electrons. The monoisotopic (exact) mass is 338 g/mol. The number of halogens is 2. The van der Waals surface area contributed by atoms with Crippen molar-refractivity contribution in [2.75, 3.05) is 6.54 Å². The van der Waals surface area contributed by atoms with E-state index in [-0.39, 0.29) is 17.8 Å². The van der Waals surface area contributed by atoms with Crippen LogP contribution < -0.4 is 11.1 Å². The van der Waals surface area contributed by atoms with Gasteiger partial charge < -0.3 is 15.8 Å². The smallest absolute Gasteiger partial charge is 0.320 e. The van der Waals surface area contributed by atoms with E-state index in [0.29, 0.717) is 24.0 Å². The maximum Gasteiger partial charge on any atom is 0.320 e. The number of carbonyl (C=O) groups is 1. The second kappa shape index (κ2) is 6.82. The minimum atomic E-state index is -2.74. The fraction of sp³-hybridized carbons (Fsp3) is 0.500. The van der Waals surface area contributed by atoms with Crippen LogP contribution in [0.25, 0.3) is 11.0 Å². The van der Waals surface area contributed by atoms with Crippen molar-refractivity contribution in [1.29, 1.82) is 0 Å². The number of nitrogens with zero attached hydrogens (tertiary/aromatic N) is 2. The number of nitrogens with one attached hydrogen (secondary N) is 1. The first-order chi connectivity index (χ1) is 11.5. The second-order valence-corrected chi connectivity index (χ2v) is 5.90. The number of aromatic nitrogens is 2. The molecule has 0 aliphatic carbocycles. The van der Waals surface area contributed by atoms with E-state index in [9.17, 15) is 13.6 Å². The van der Waals surface area contributed by atoms with Gasteiger partial charge in [-0.2, -0.15) is 8.78 Å². The largest absolute Gasteiger partial charge is 0.364 e. The van der Waals surface area contributed by atoms with Crippen LogP contribution in [-0.2, 0) is 9.53 Å². The molecule has 1 amide bonds. The third-order valence-electron chi connectivity index (χ3n) is 4.23. The van der Waals surface area contributed by atoms with E-state index >= 15 is 0 Å². The summed E-state index contributed by atoms with van der Waals surface area (Å²) in [6.07, 6.45) is 0.580. The predicted molar refractivity (Wildman–Crippen MR) is 84.5 cm³/mol. The minimum absolute atomic E-state index is 0.118. The molecule has 2 aromatic rings. The molecule has 3 N–H and O–H groups in total. The molecular formula is C16H20F2N4O2. The highest BCUT2D eigenvalue weighted by Gasteiger charge is 2.31. The number of rotatable bonds is 5. The molecule has 1 aromatic heterocycles. The molecule has 1 aromatic carbocycles. The Labute approximate surface area is 138 Å². The summed E-state index contributed by atoms with van der Waals surface area (Å²) in [6, 6.07) is 5.99. The number of para-hydroxylation sites is 2. The zero-order chi connectivity index (χ0) is 17.3. The van der Waals surface area contributed by atoms with Gasteiger partial charge in [-0.15, -0.1) is 0 Å². The van der Waals surface area contributed by atoms with Gasteiger partial charge in [0.2, 0.25) is 5.91 Å².